The molecule has 0 aromatic heterocycles. The average molecular weight is 211 g/mol. The predicted octanol–water partition coefficient (Wildman–Crippen LogP) is 1.17. The summed E-state index contributed by atoms with van der Waals surface area (Å²) in [5, 5.41) is 11.8. The molecule has 0 aliphatic rings. The Morgan fingerprint density at radius 2 is 2.13 bits per heavy atom. The van der Waals surface area contributed by atoms with Crippen LogP contribution in [0.1, 0.15) is 40.0 Å². The molecule has 0 spiro atoms. The van der Waals surface area contributed by atoms with Gasteiger partial charge in [0.2, 0.25) is 5.91 Å². The largest absolute Gasteiger partial charge is 0.368 e. The number of nitrogens with two attached hydrogens (primary N) is 1. The molecule has 1 amide bonds. The summed E-state index contributed by atoms with van der Waals surface area (Å²) in [6.07, 6.45) is 2.83. The Balaban J connectivity index is 3.49. The van der Waals surface area contributed by atoms with Crippen LogP contribution in [0, 0.1) is 16.7 Å². The van der Waals surface area contributed by atoms with Gasteiger partial charge in [0.05, 0.1) is 17.5 Å². The van der Waals surface area contributed by atoms with Gasteiger partial charge in [-0.2, -0.15) is 5.26 Å². The van der Waals surface area contributed by atoms with Crippen LogP contribution in [0.15, 0.2) is 0 Å². The van der Waals surface area contributed by atoms with Crippen molar-refractivity contribution in [3.05, 3.63) is 0 Å². The molecule has 15 heavy (non-hydrogen) atoms. The van der Waals surface area contributed by atoms with Gasteiger partial charge in [-0.3, -0.25) is 4.79 Å². The number of nitrogens with zero attached hydrogens (tertiary/aromatic N) is 1. The van der Waals surface area contributed by atoms with Gasteiger partial charge in [-0.1, -0.05) is 6.42 Å². The van der Waals surface area contributed by atoms with Crippen LogP contribution in [0.5, 0.6) is 0 Å². The molecule has 4 heteroatoms. The normalized spacial score (nSPS) is 13.2. The molecular formula is C11H21N3O. The maximum Gasteiger partial charge on any atom is 0.234 e. The van der Waals surface area contributed by atoms with Crippen molar-refractivity contribution in [2.24, 2.45) is 11.1 Å². The molecule has 0 aliphatic heterocycles. The molecule has 1 unspecified atom stereocenters. The highest BCUT2D eigenvalue weighted by Gasteiger charge is 2.15. The van der Waals surface area contributed by atoms with Crippen LogP contribution in [-0.2, 0) is 4.79 Å². The highest BCUT2D eigenvalue weighted by atomic mass is 16.1. The molecule has 0 fully saturated rings. The van der Waals surface area contributed by atoms with Crippen molar-refractivity contribution in [3.8, 4) is 6.07 Å². The molecule has 0 heterocycles. The van der Waals surface area contributed by atoms with Gasteiger partial charge in [0.1, 0.15) is 0 Å². The molecule has 0 bridgehead atoms. The monoisotopic (exact) mass is 211 g/mol. The zero-order valence-electron chi connectivity index (χ0n) is 9.84. The predicted molar refractivity (Wildman–Crippen MR) is 59.9 cm³/mol. The number of carbonyl (C=O) groups excluding carboxylic acids is 1. The first kappa shape index (κ1) is 13.9. The third-order valence-electron chi connectivity index (χ3n) is 2.41. The molecule has 0 rings (SSSR count). The van der Waals surface area contributed by atoms with Crippen molar-refractivity contribution in [1.29, 1.82) is 5.26 Å². The van der Waals surface area contributed by atoms with Gasteiger partial charge >= 0.3 is 0 Å². The number of hydrogen-bond donors (Lipinski definition) is 2. The zero-order chi connectivity index (χ0) is 11.9. The number of primary amides is 1. The van der Waals surface area contributed by atoms with Crippen molar-refractivity contribution >= 4 is 5.91 Å². The lowest BCUT2D eigenvalue weighted by Crippen LogP contribution is -2.39. The summed E-state index contributed by atoms with van der Waals surface area (Å²) in [5.41, 5.74) is 4.86. The van der Waals surface area contributed by atoms with Crippen LogP contribution in [-0.4, -0.2) is 18.5 Å². The number of nitrogens with one attached hydrogen (secondary N) is 1. The van der Waals surface area contributed by atoms with Gasteiger partial charge in [-0.25, -0.2) is 0 Å². The van der Waals surface area contributed by atoms with Crippen molar-refractivity contribution in [2.75, 3.05) is 6.54 Å². The van der Waals surface area contributed by atoms with E-state index in [1.54, 1.807) is 6.92 Å². The van der Waals surface area contributed by atoms with E-state index in [0.29, 0.717) is 0 Å². The average Bonchev–Trinajstić information content (AvgIpc) is 2.16. The molecule has 1 atom stereocenters. The van der Waals surface area contributed by atoms with E-state index in [9.17, 15) is 4.79 Å². The summed E-state index contributed by atoms with van der Waals surface area (Å²) < 4.78 is 0. The minimum atomic E-state index is -0.327. The lowest BCUT2D eigenvalue weighted by Gasteiger charge is -2.15. The lowest BCUT2D eigenvalue weighted by atomic mass is 9.89. The molecule has 3 N–H and O–H groups in total. The summed E-state index contributed by atoms with van der Waals surface area (Å²) in [6, 6.07) is 2.00. The molecule has 0 saturated carbocycles. The zero-order valence-corrected chi connectivity index (χ0v) is 9.84. The van der Waals surface area contributed by atoms with Crippen molar-refractivity contribution in [1.82, 2.24) is 5.32 Å². The fourth-order valence-corrected chi connectivity index (χ4v) is 1.17. The van der Waals surface area contributed by atoms with E-state index in [-0.39, 0.29) is 17.4 Å². The maximum absolute atomic E-state index is 10.7. The first-order valence-corrected chi connectivity index (χ1v) is 5.33. The second-order valence-corrected chi connectivity index (χ2v) is 4.53. The Labute approximate surface area is 91.8 Å². The highest BCUT2D eigenvalue weighted by Crippen LogP contribution is 2.21. The molecular weight excluding hydrogens is 190 g/mol. The third-order valence-corrected chi connectivity index (χ3v) is 2.41. The smallest absolute Gasteiger partial charge is 0.234 e. The lowest BCUT2D eigenvalue weighted by molar-refractivity contribution is -0.119. The van der Waals surface area contributed by atoms with E-state index < -0.39 is 0 Å². The van der Waals surface area contributed by atoms with Crippen LogP contribution in [0.3, 0.4) is 0 Å². The standard InChI is InChI=1S/C11H21N3O/c1-9(10(13)15)14-7-5-4-6-11(2,3)8-12/h9,14H,4-7H2,1-3H3,(H2,13,15). The number of rotatable bonds is 7. The third kappa shape index (κ3) is 6.92. The van der Waals surface area contributed by atoms with E-state index in [0.717, 1.165) is 25.8 Å². The van der Waals surface area contributed by atoms with Crippen molar-refractivity contribution in [2.45, 2.75) is 46.1 Å². The maximum atomic E-state index is 10.7. The van der Waals surface area contributed by atoms with Crippen LogP contribution < -0.4 is 11.1 Å². The van der Waals surface area contributed by atoms with E-state index in [1.165, 1.54) is 0 Å². The first-order valence-electron chi connectivity index (χ1n) is 5.33. The van der Waals surface area contributed by atoms with Gasteiger partial charge in [-0.05, 0) is 40.2 Å². The molecule has 0 radical (unpaired) electrons. The Bertz CT molecular complexity index is 243. The summed E-state index contributed by atoms with van der Waals surface area (Å²) >= 11 is 0. The van der Waals surface area contributed by atoms with E-state index in [1.807, 2.05) is 13.8 Å². The Kier molecular flexibility index (Phi) is 5.95. The van der Waals surface area contributed by atoms with Gasteiger partial charge < -0.3 is 11.1 Å². The second kappa shape index (κ2) is 6.41. The van der Waals surface area contributed by atoms with Crippen molar-refractivity contribution < 1.29 is 4.79 Å². The number of unbranched alkanes of at least 4 members (excludes halogenated alkanes) is 1. The van der Waals surface area contributed by atoms with Crippen LogP contribution in [0.2, 0.25) is 0 Å². The summed E-state index contributed by atoms with van der Waals surface area (Å²) in [7, 11) is 0. The first-order chi connectivity index (χ1) is 6.89. The highest BCUT2D eigenvalue weighted by molar-refractivity contribution is 5.79. The van der Waals surface area contributed by atoms with Crippen LogP contribution in [0.4, 0.5) is 0 Å². The van der Waals surface area contributed by atoms with Crippen molar-refractivity contribution in [3.63, 3.8) is 0 Å². The minimum absolute atomic E-state index is 0.241. The molecule has 0 aliphatic carbocycles. The number of nitriles is 1. The van der Waals surface area contributed by atoms with Gasteiger partial charge in [-0.15, -0.1) is 0 Å². The molecule has 86 valence electrons. The Morgan fingerprint density at radius 1 is 1.53 bits per heavy atom. The molecule has 4 nitrogen and oxygen atoms in total. The number of carbonyl (C=O) groups is 1. The second-order valence-electron chi connectivity index (χ2n) is 4.53. The molecule has 0 aromatic carbocycles. The SMILES string of the molecule is CC(NCCCCC(C)(C)C#N)C(N)=O. The molecule has 0 aromatic rings. The van der Waals surface area contributed by atoms with E-state index >= 15 is 0 Å². The Morgan fingerprint density at radius 3 is 2.60 bits per heavy atom. The van der Waals surface area contributed by atoms with Crippen LogP contribution in [0.25, 0.3) is 0 Å². The fourth-order valence-electron chi connectivity index (χ4n) is 1.17. The molecule has 0 saturated heterocycles. The van der Waals surface area contributed by atoms with Gasteiger partial charge in [0.25, 0.3) is 0 Å². The number of hydrogen-bond acceptors (Lipinski definition) is 3. The van der Waals surface area contributed by atoms with Crippen LogP contribution >= 0.6 is 0 Å². The topological polar surface area (TPSA) is 78.9 Å². The quantitative estimate of drug-likeness (QED) is 0.620. The fraction of sp³-hybridized carbons (Fsp3) is 0.818. The Hall–Kier alpha value is -1.08. The van der Waals surface area contributed by atoms with E-state index in [4.69, 9.17) is 11.0 Å². The minimum Gasteiger partial charge on any atom is -0.368 e. The van der Waals surface area contributed by atoms with Gasteiger partial charge in [0.15, 0.2) is 0 Å². The van der Waals surface area contributed by atoms with Gasteiger partial charge in [0, 0.05) is 0 Å². The summed E-state index contributed by atoms with van der Waals surface area (Å²) in [6.45, 7) is 6.39. The number of amides is 1. The summed E-state index contributed by atoms with van der Waals surface area (Å²) in [4.78, 5) is 10.7. The van der Waals surface area contributed by atoms with E-state index in [2.05, 4.69) is 11.4 Å². The summed E-state index contributed by atoms with van der Waals surface area (Å²) in [5.74, 6) is -0.327.